The first kappa shape index (κ1) is 19.3. The Bertz CT molecular complexity index is 1070. The molecule has 0 aliphatic carbocycles. The summed E-state index contributed by atoms with van der Waals surface area (Å²) in [5.41, 5.74) is 2.81. The second-order valence-electron chi connectivity index (χ2n) is 6.27. The third-order valence-electron chi connectivity index (χ3n) is 4.79. The molecule has 1 aromatic carbocycles. The Morgan fingerprint density at radius 3 is 2.36 bits per heavy atom. The molecule has 2 heterocycles. The zero-order valence-corrected chi connectivity index (χ0v) is 16.3. The Hall–Kier alpha value is -3.43. The Balaban J connectivity index is 2.02. The lowest BCUT2D eigenvalue weighted by molar-refractivity contribution is 0.320. The fourth-order valence-corrected chi connectivity index (χ4v) is 3.26. The number of hydrogen-bond donors (Lipinski definition) is 2. The van der Waals surface area contributed by atoms with E-state index in [9.17, 15) is 14.7 Å². The van der Waals surface area contributed by atoms with Crippen molar-refractivity contribution in [1.82, 2.24) is 14.6 Å². The maximum Gasteiger partial charge on any atom is 0.333 e. The van der Waals surface area contributed by atoms with Crippen LogP contribution in [-0.2, 0) is 14.1 Å². The van der Waals surface area contributed by atoms with E-state index < -0.39 is 17.1 Å². The van der Waals surface area contributed by atoms with Gasteiger partial charge in [-0.3, -0.25) is 13.9 Å². The van der Waals surface area contributed by atoms with E-state index >= 15 is 0 Å². The van der Waals surface area contributed by atoms with Gasteiger partial charge < -0.3 is 24.7 Å². The van der Waals surface area contributed by atoms with Gasteiger partial charge in [-0.2, -0.15) is 5.10 Å². The number of methoxy groups -OCH3 is 3. The summed E-state index contributed by atoms with van der Waals surface area (Å²) in [5, 5.41) is 14.6. The summed E-state index contributed by atoms with van der Waals surface area (Å²) in [6.45, 7) is 0. The molecule has 0 spiro atoms. The fourth-order valence-electron chi connectivity index (χ4n) is 3.26. The lowest BCUT2D eigenvalue weighted by atomic mass is 9.98. The van der Waals surface area contributed by atoms with Crippen LogP contribution in [0.1, 0.15) is 23.6 Å². The SMILES string of the molecule is COc1ccc([C@H]2CC(c3c(O)n(C)c(=O)n(C)c3=O)=NN2)c(OC)c1OC. The molecule has 3 rings (SSSR count). The van der Waals surface area contributed by atoms with Gasteiger partial charge in [0.25, 0.3) is 5.56 Å². The monoisotopic (exact) mass is 390 g/mol. The summed E-state index contributed by atoms with van der Waals surface area (Å²) in [5.74, 6) is 1.02. The minimum Gasteiger partial charge on any atom is -0.494 e. The van der Waals surface area contributed by atoms with E-state index in [1.807, 2.05) is 6.07 Å². The van der Waals surface area contributed by atoms with E-state index in [1.54, 1.807) is 6.07 Å². The predicted octanol–water partition coefficient (Wildman–Crippen LogP) is 0.254. The van der Waals surface area contributed by atoms with Gasteiger partial charge in [-0.25, -0.2) is 4.79 Å². The van der Waals surface area contributed by atoms with Crippen molar-refractivity contribution in [3.8, 4) is 23.1 Å². The molecule has 0 unspecified atom stereocenters. The largest absolute Gasteiger partial charge is 0.494 e. The molecule has 0 radical (unpaired) electrons. The van der Waals surface area contributed by atoms with Gasteiger partial charge in [-0.05, 0) is 12.1 Å². The molecule has 0 amide bonds. The van der Waals surface area contributed by atoms with Crippen molar-refractivity contribution in [2.24, 2.45) is 19.2 Å². The van der Waals surface area contributed by atoms with Crippen molar-refractivity contribution in [3.05, 3.63) is 44.1 Å². The zero-order chi connectivity index (χ0) is 20.6. The van der Waals surface area contributed by atoms with Crippen molar-refractivity contribution in [2.45, 2.75) is 12.5 Å². The van der Waals surface area contributed by atoms with E-state index in [1.165, 1.54) is 35.4 Å². The molecule has 1 atom stereocenters. The number of nitrogens with one attached hydrogen (secondary N) is 1. The van der Waals surface area contributed by atoms with Gasteiger partial charge in [0.1, 0.15) is 5.56 Å². The molecule has 1 aliphatic rings. The van der Waals surface area contributed by atoms with E-state index in [0.717, 1.165) is 14.7 Å². The first-order chi connectivity index (χ1) is 13.3. The molecule has 28 heavy (non-hydrogen) atoms. The zero-order valence-electron chi connectivity index (χ0n) is 16.3. The topological polar surface area (TPSA) is 116 Å². The van der Waals surface area contributed by atoms with Crippen LogP contribution in [0.3, 0.4) is 0 Å². The average molecular weight is 390 g/mol. The molecule has 10 heteroatoms. The number of aromatic hydroxyl groups is 1. The second kappa shape index (κ2) is 7.29. The Morgan fingerprint density at radius 1 is 1.07 bits per heavy atom. The lowest BCUT2D eigenvalue weighted by Gasteiger charge is -2.19. The predicted molar refractivity (Wildman–Crippen MR) is 102 cm³/mol. The van der Waals surface area contributed by atoms with Crippen molar-refractivity contribution >= 4 is 5.71 Å². The highest BCUT2D eigenvalue weighted by atomic mass is 16.5. The van der Waals surface area contributed by atoms with E-state index in [-0.39, 0.29) is 11.6 Å². The van der Waals surface area contributed by atoms with Gasteiger partial charge in [0.15, 0.2) is 11.5 Å². The first-order valence-corrected chi connectivity index (χ1v) is 8.45. The van der Waals surface area contributed by atoms with Crippen molar-refractivity contribution < 1.29 is 19.3 Å². The van der Waals surface area contributed by atoms with Crippen LogP contribution in [0.5, 0.6) is 23.1 Å². The standard InChI is InChI=1S/C18H22N4O6/c1-21-16(23)13(17(24)22(2)18(21)25)11-8-10(19-20-11)9-6-7-12(26-3)15(28-5)14(9)27-4/h6-7,10,19,23H,8H2,1-5H3/t10-/m1/s1. The Kier molecular flexibility index (Phi) is 5.04. The van der Waals surface area contributed by atoms with Crippen molar-refractivity contribution in [2.75, 3.05) is 21.3 Å². The second-order valence-corrected chi connectivity index (χ2v) is 6.27. The molecule has 2 N–H and O–H groups in total. The highest BCUT2D eigenvalue weighted by molar-refractivity contribution is 6.03. The molecular formula is C18H22N4O6. The molecule has 0 bridgehead atoms. The van der Waals surface area contributed by atoms with E-state index in [4.69, 9.17) is 14.2 Å². The number of aromatic nitrogens is 2. The van der Waals surface area contributed by atoms with Crippen molar-refractivity contribution in [3.63, 3.8) is 0 Å². The summed E-state index contributed by atoms with van der Waals surface area (Å²) in [6, 6.07) is 3.24. The highest BCUT2D eigenvalue weighted by Crippen LogP contribution is 2.43. The fraction of sp³-hybridized carbons (Fsp3) is 0.389. The number of ether oxygens (including phenoxy) is 3. The van der Waals surface area contributed by atoms with Crippen LogP contribution < -0.4 is 30.9 Å². The van der Waals surface area contributed by atoms with Gasteiger partial charge in [-0.1, -0.05) is 0 Å². The maximum absolute atomic E-state index is 12.5. The highest BCUT2D eigenvalue weighted by Gasteiger charge is 2.30. The average Bonchev–Trinajstić information content (AvgIpc) is 3.18. The quantitative estimate of drug-likeness (QED) is 0.752. The number of hydrazone groups is 1. The maximum atomic E-state index is 12.5. The molecule has 2 aromatic rings. The van der Waals surface area contributed by atoms with Crippen LogP contribution in [-0.4, -0.2) is 41.3 Å². The van der Waals surface area contributed by atoms with Gasteiger partial charge in [0.05, 0.1) is 33.1 Å². The summed E-state index contributed by atoms with van der Waals surface area (Å²) in [7, 11) is 7.31. The first-order valence-electron chi connectivity index (χ1n) is 8.45. The smallest absolute Gasteiger partial charge is 0.333 e. The summed E-state index contributed by atoms with van der Waals surface area (Å²) >= 11 is 0. The molecule has 10 nitrogen and oxygen atoms in total. The number of rotatable bonds is 5. The molecule has 0 fully saturated rings. The van der Waals surface area contributed by atoms with Gasteiger partial charge >= 0.3 is 5.69 Å². The summed E-state index contributed by atoms with van der Waals surface area (Å²) in [4.78, 5) is 24.5. The number of benzene rings is 1. The summed E-state index contributed by atoms with van der Waals surface area (Å²) < 4.78 is 18.1. The molecule has 1 aliphatic heterocycles. The Morgan fingerprint density at radius 2 is 1.75 bits per heavy atom. The summed E-state index contributed by atoms with van der Waals surface area (Å²) in [6.07, 6.45) is 0.298. The third-order valence-corrected chi connectivity index (χ3v) is 4.79. The molecule has 150 valence electrons. The van der Waals surface area contributed by atoms with E-state index in [0.29, 0.717) is 29.4 Å². The van der Waals surface area contributed by atoms with Gasteiger partial charge in [-0.15, -0.1) is 0 Å². The van der Waals surface area contributed by atoms with Crippen molar-refractivity contribution in [1.29, 1.82) is 0 Å². The lowest BCUT2D eigenvalue weighted by Crippen LogP contribution is -2.39. The molecule has 0 saturated heterocycles. The van der Waals surface area contributed by atoms with Crippen LogP contribution in [0.15, 0.2) is 26.8 Å². The van der Waals surface area contributed by atoms with E-state index in [2.05, 4.69) is 10.5 Å². The number of nitrogens with zero attached hydrogens (tertiary/aromatic N) is 3. The molecular weight excluding hydrogens is 368 g/mol. The molecule has 0 saturated carbocycles. The van der Waals surface area contributed by atoms with Crippen LogP contribution in [0.25, 0.3) is 0 Å². The van der Waals surface area contributed by atoms with Gasteiger partial charge in [0, 0.05) is 26.1 Å². The Labute approximate surface area is 160 Å². The molecule has 1 aromatic heterocycles. The van der Waals surface area contributed by atoms with Crippen LogP contribution in [0.4, 0.5) is 0 Å². The number of hydrogen-bond acceptors (Lipinski definition) is 8. The van der Waals surface area contributed by atoms with Crippen LogP contribution in [0, 0.1) is 0 Å². The van der Waals surface area contributed by atoms with Gasteiger partial charge in [0.2, 0.25) is 11.6 Å². The minimum atomic E-state index is -0.615. The normalized spacial score (nSPS) is 15.8. The van der Waals surface area contributed by atoms with Crippen LogP contribution in [0.2, 0.25) is 0 Å². The third kappa shape index (κ3) is 2.86. The minimum absolute atomic E-state index is 0.0148. The van der Waals surface area contributed by atoms with Crippen LogP contribution >= 0.6 is 0 Å².